The Balaban J connectivity index is 1.62. The summed E-state index contributed by atoms with van der Waals surface area (Å²) in [6.45, 7) is 1.46. The molecule has 0 saturated heterocycles. The minimum absolute atomic E-state index is 0.300. The molecule has 3 aromatic rings. The van der Waals surface area contributed by atoms with Crippen molar-refractivity contribution in [2.75, 3.05) is 6.61 Å². The van der Waals surface area contributed by atoms with Gasteiger partial charge in [-0.1, -0.05) is 28.5 Å². The number of carbonyl (C=O) groups is 2. The van der Waals surface area contributed by atoms with Gasteiger partial charge in [0, 0.05) is 18.0 Å². The lowest BCUT2D eigenvalue weighted by Gasteiger charge is -2.07. The van der Waals surface area contributed by atoms with Gasteiger partial charge in [0.1, 0.15) is 10.8 Å². The molecule has 0 aliphatic carbocycles. The van der Waals surface area contributed by atoms with E-state index in [0.717, 1.165) is 17.0 Å². The number of ketones is 1. The van der Waals surface area contributed by atoms with Gasteiger partial charge in [-0.05, 0) is 31.2 Å². The minimum atomic E-state index is -0.604. The zero-order chi connectivity index (χ0) is 18.5. The van der Waals surface area contributed by atoms with E-state index in [2.05, 4.69) is 10.1 Å². The van der Waals surface area contributed by atoms with Gasteiger partial charge in [0.25, 0.3) is 0 Å². The van der Waals surface area contributed by atoms with E-state index in [1.54, 1.807) is 30.5 Å². The van der Waals surface area contributed by atoms with Crippen LogP contribution in [0.15, 0.2) is 46.1 Å². The molecule has 0 bridgehead atoms. The van der Waals surface area contributed by atoms with Gasteiger partial charge in [0.05, 0.1) is 20.5 Å². The first-order valence-electron chi connectivity index (χ1n) is 7.48. The molecule has 0 spiro atoms. The third-order valence-corrected chi connectivity index (χ3v) is 5.52. The molecular formula is C17H13ClN2O4S2. The number of nitrogens with zero attached hydrogens (tertiary/aromatic N) is 2. The highest BCUT2D eigenvalue weighted by Gasteiger charge is 2.17. The average molecular weight is 409 g/mol. The summed E-state index contributed by atoms with van der Waals surface area (Å²) in [7, 11) is 0. The van der Waals surface area contributed by atoms with E-state index < -0.39 is 5.97 Å². The molecule has 26 heavy (non-hydrogen) atoms. The van der Waals surface area contributed by atoms with Gasteiger partial charge in [0.15, 0.2) is 6.61 Å². The number of aromatic nitrogens is 2. The Morgan fingerprint density at radius 3 is 2.88 bits per heavy atom. The summed E-state index contributed by atoms with van der Waals surface area (Å²) in [5, 5.41) is 4.41. The van der Waals surface area contributed by atoms with Crippen molar-refractivity contribution < 1.29 is 18.8 Å². The van der Waals surface area contributed by atoms with Crippen molar-refractivity contribution in [1.29, 1.82) is 0 Å². The van der Waals surface area contributed by atoms with E-state index in [0.29, 0.717) is 31.3 Å². The van der Waals surface area contributed by atoms with Crippen LogP contribution < -0.4 is 0 Å². The largest absolute Gasteiger partial charge is 0.454 e. The summed E-state index contributed by atoms with van der Waals surface area (Å²) >= 11 is 8.29. The van der Waals surface area contributed by atoms with Crippen LogP contribution in [0, 0.1) is 6.92 Å². The fourth-order valence-electron chi connectivity index (χ4n) is 2.03. The molecule has 0 aliphatic rings. The molecule has 9 heteroatoms. The molecule has 134 valence electrons. The van der Waals surface area contributed by atoms with E-state index in [-0.39, 0.29) is 12.4 Å². The molecule has 0 radical (unpaired) electrons. The number of pyridine rings is 1. The number of hydrogen-bond donors (Lipinski definition) is 0. The van der Waals surface area contributed by atoms with Crippen LogP contribution in [0.3, 0.4) is 0 Å². The van der Waals surface area contributed by atoms with Gasteiger partial charge in [0.2, 0.25) is 5.78 Å². The summed E-state index contributed by atoms with van der Waals surface area (Å²) < 4.78 is 10.7. The molecule has 0 amide bonds. The number of thiophene rings is 1. The molecule has 0 aliphatic heterocycles. The number of carbonyl (C=O) groups excluding carboxylic acids is 2. The van der Waals surface area contributed by atoms with Gasteiger partial charge in [-0.15, -0.1) is 11.3 Å². The molecule has 0 aromatic carbocycles. The van der Waals surface area contributed by atoms with Crippen molar-refractivity contribution in [1.82, 2.24) is 10.1 Å². The number of esters is 1. The van der Waals surface area contributed by atoms with Crippen LogP contribution >= 0.6 is 34.7 Å². The first kappa shape index (κ1) is 18.6. The first-order valence-corrected chi connectivity index (χ1v) is 9.66. The van der Waals surface area contributed by atoms with Gasteiger partial charge in [-0.2, -0.15) is 0 Å². The van der Waals surface area contributed by atoms with Crippen molar-refractivity contribution in [2.45, 2.75) is 17.7 Å². The quantitative estimate of drug-likeness (QED) is 0.325. The topological polar surface area (TPSA) is 82.3 Å². The fourth-order valence-corrected chi connectivity index (χ4v) is 3.86. The molecule has 3 heterocycles. The van der Waals surface area contributed by atoms with Crippen LogP contribution in [-0.4, -0.2) is 28.5 Å². The second-order valence-electron chi connectivity index (χ2n) is 5.18. The molecule has 3 aromatic heterocycles. The summed E-state index contributed by atoms with van der Waals surface area (Å²) in [5.74, 6) is 0.314. The van der Waals surface area contributed by atoms with Crippen LogP contribution in [0.4, 0.5) is 0 Å². The normalized spacial score (nSPS) is 10.7. The van der Waals surface area contributed by atoms with E-state index in [9.17, 15) is 9.59 Å². The number of ether oxygens (including phenoxy) is 1. The second kappa shape index (κ2) is 8.48. The number of Topliss-reactive ketones (excluding diaryl/α,β-unsaturated/α-hetero) is 1. The van der Waals surface area contributed by atoms with Crippen molar-refractivity contribution in [3.05, 3.63) is 62.8 Å². The van der Waals surface area contributed by atoms with Crippen molar-refractivity contribution in [2.24, 2.45) is 0 Å². The maximum Gasteiger partial charge on any atom is 0.341 e. The molecule has 0 fully saturated rings. The Labute approximate surface area is 162 Å². The SMILES string of the molecule is Cc1cc(CSc2ncccc2C(=O)OCC(=O)c2ccc(Cl)s2)no1. The Bertz CT molecular complexity index is 938. The lowest BCUT2D eigenvalue weighted by atomic mass is 10.3. The Morgan fingerprint density at radius 1 is 1.35 bits per heavy atom. The predicted octanol–water partition coefficient (Wildman–Crippen LogP) is 4.42. The van der Waals surface area contributed by atoms with Gasteiger partial charge < -0.3 is 9.26 Å². The number of aryl methyl sites for hydroxylation is 1. The second-order valence-corrected chi connectivity index (χ2v) is 7.86. The summed E-state index contributed by atoms with van der Waals surface area (Å²) in [5.41, 5.74) is 1.05. The molecule has 3 rings (SSSR count). The van der Waals surface area contributed by atoms with Gasteiger partial charge >= 0.3 is 5.97 Å². The zero-order valence-electron chi connectivity index (χ0n) is 13.6. The monoisotopic (exact) mass is 408 g/mol. The predicted molar refractivity (Wildman–Crippen MR) is 99.0 cm³/mol. The van der Waals surface area contributed by atoms with Crippen LogP contribution in [-0.2, 0) is 10.5 Å². The third-order valence-electron chi connectivity index (χ3n) is 3.21. The zero-order valence-corrected chi connectivity index (χ0v) is 16.0. The molecular weight excluding hydrogens is 396 g/mol. The number of thioether (sulfide) groups is 1. The maximum absolute atomic E-state index is 12.3. The van der Waals surface area contributed by atoms with Crippen LogP contribution in [0.25, 0.3) is 0 Å². The summed E-state index contributed by atoms with van der Waals surface area (Å²) in [6.07, 6.45) is 1.59. The van der Waals surface area contributed by atoms with E-state index in [4.69, 9.17) is 20.9 Å². The van der Waals surface area contributed by atoms with Crippen molar-refractivity contribution in [3.8, 4) is 0 Å². The van der Waals surface area contributed by atoms with Crippen LogP contribution in [0.5, 0.6) is 0 Å². The van der Waals surface area contributed by atoms with Crippen LogP contribution in [0.2, 0.25) is 4.34 Å². The van der Waals surface area contributed by atoms with Crippen molar-refractivity contribution in [3.63, 3.8) is 0 Å². The summed E-state index contributed by atoms with van der Waals surface area (Å²) in [4.78, 5) is 29.0. The average Bonchev–Trinajstić information content (AvgIpc) is 3.26. The Morgan fingerprint density at radius 2 is 2.19 bits per heavy atom. The van der Waals surface area contributed by atoms with Crippen molar-refractivity contribution >= 4 is 46.5 Å². The molecule has 6 nitrogen and oxygen atoms in total. The highest BCUT2D eigenvalue weighted by molar-refractivity contribution is 7.98. The molecule has 0 atom stereocenters. The van der Waals surface area contributed by atoms with E-state index in [1.807, 2.05) is 13.0 Å². The van der Waals surface area contributed by atoms with Gasteiger partial charge in [-0.3, -0.25) is 4.79 Å². The molecule has 0 saturated carbocycles. The highest BCUT2D eigenvalue weighted by atomic mass is 35.5. The highest BCUT2D eigenvalue weighted by Crippen LogP contribution is 2.25. The lowest BCUT2D eigenvalue weighted by molar-refractivity contribution is 0.0471. The maximum atomic E-state index is 12.3. The van der Waals surface area contributed by atoms with Gasteiger partial charge in [-0.25, -0.2) is 9.78 Å². The van der Waals surface area contributed by atoms with E-state index in [1.165, 1.54) is 11.8 Å². The third kappa shape index (κ3) is 4.72. The van der Waals surface area contributed by atoms with E-state index >= 15 is 0 Å². The number of halogens is 1. The standard InChI is InChI=1S/C17H13ClN2O4S2/c1-10-7-11(20-24-10)9-25-16-12(3-2-6-19-16)17(22)23-8-13(21)14-4-5-15(18)26-14/h2-7H,8-9H2,1H3. The fraction of sp³-hybridized carbons (Fsp3) is 0.176. The Hall–Kier alpha value is -2.16. The summed E-state index contributed by atoms with van der Waals surface area (Å²) in [6, 6.07) is 8.30. The number of hydrogen-bond acceptors (Lipinski definition) is 8. The minimum Gasteiger partial charge on any atom is -0.454 e. The number of rotatable bonds is 7. The Kier molecular flexibility index (Phi) is 6.08. The smallest absolute Gasteiger partial charge is 0.341 e. The lowest BCUT2D eigenvalue weighted by Crippen LogP contribution is -2.14. The molecule has 0 N–H and O–H groups in total. The first-order chi connectivity index (χ1) is 12.5. The molecule has 0 unspecified atom stereocenters. The van der Waals surface area contributed by atoms with Crippen LogP contribution in [0.1, 0.15) is 31.5 Å².